The van der Waals surface area contributed by atoms with E-state index in [-0.39, 0.29) is 0 Å². The average Bonchev–Trinajstić information content (AvgIpc) is 2.98. The van der Waals surface area contributed by atoms with Crippen molar-refractivity contribution in [3.63, 3.8) is 0 Å². The molecule has 1 fully saturated rings. The van der Waals surface area contributed by atoms with Gasteiger partial charge in [-0.05, 0) is 36.6 Å². The van der Waals surface area contributed by atoms with Crippen molar-refractivity contribution in [3.8, 4) is 0 Å². The molecule has 2 aromatic rings. The van der Waals surface area contributed by atoms with Gasteiger partial charge in [0.25, 0.3) is 0 Å². The minimum atomic E-state index is 0.293. The van der Waals surface area contributed by atoms with Gasteiger partial charge in [0.2, 0.25) is 0 Å². The third-order valence-corrected chi connectivity index (χ3v) is 4.49. The van der Waals surface area contributed by atoms with Crippen LogP contribution in [0.4, 0.5) is 5.82 Å². The first-order chi connectivity index (χ1) is 11.5. The van der Waals surface area contributed by atoms with Gasteiger partial charge in [0.15, 0.2) is 0 Å². The highest BCUT2D eigenvalue weighted by atomic mass is 16.5. The van der Waals surface area contributed by atoms with Gasteiger partial charge in [-0.15, -0.1) is 0 Å². The molecule has 3 heterocycles. The number of fused-ring (bicyclic) bond motifs is 1. The second kappa shape index (κ2) is 6.65. The minimum Gasteiger partial charge on any atom is -0.385 e. The van der Waals surface area contributed by atoms with Gasteiger partial charge < -0.3 is 20.8 Å². The summed E-state index contributed by atoms with van der Waals surface area (Å²) in [6, 6.07) is 4.53. The van der Waals surface area contributed by atoms with Gasteiger partial charge in [-0.25, -0.2) is 4.98 Å². The Balaban J connectivity index is 2.18. The zero-order chi connectivity index (χ0) is 17.3. The molecule has 0 saturated carbocycles. The molecular weight excluding hydrogens is 302 g/mol. The Morgan fingerprint density at radius 3 is 2.96 bits per heavy atom. The molecule has 128 valence electrons. The van der Waals surface area contributed by atoms with Crippen LogP contribution >= 0.6 is 0 Å². The lowest BCUT2D eigenvalue weighted by Crippen LogP contribution is -2.44. The molecule has 1 saturated heterocycles. The molecule has 2 aromatic heterocycles. The topological polar surface area (TPSA) is 80.2 Å². The monoisotopic (exact) mass is 327 g/mol. The summed E-state index contributed by atoms with van der Waals surface area (Å²) in [7, 11) is 0. The van der Waals surface area contributed by atoms with Crippen LogP contribution in [-0.2, 0) is 4.74 Å². The molecule has 0 spiro atoms. The van der Waals surface area contributed by atoms with Crippen molar-refractivity contribution in [2.75, 3.05) is 24.7 Å². The number of ether oxygens (including phenoxy) is 1. The van der Waals surface area contributed by atoms with Crippen molar-refractivity contribution in [3.05, 3.63) is 30.0 Å². The molecule has 6 heteroatoms. The number of rotatable bonds is 4. The Kier molecular flexibility index (Phi) is 4.57. The standard InChI is InChI=1S/C18H25N5O/c1-12(2)15-10-17(22-8-9-24-11-13(22)3)21-18-14(15)5-7-23(18)16(20)4-6-19/h4-7,10,12-13,19H,8-9,11,20H2,1-3H3/b16-4+,19-6?. The van der Waals surface area contributed by atoms with Gasteiger partial charge in [0.1, 0.15) is 17.3 Å². The number of hydrogen-bond acceptors (Lipinski definition) is 5. The Morgan fingerprint density at radius 2 is 2.29 bits per heavy atom. The smallest absolute Gasteiger partial charge is 0.148 e. The number of hydrogen-bond donors (Lipinski definition) is 2. The zero-order valence-corrected chi connectivity index (χ0v) is 14.5. The lowest BCUT2D eigenvalue weighted by Gasteiger charge is -2.34. The van der Waals surface area contributed by atoms with Crippen LogP contribution in [0.15, 0.2) is 24.4 Å². The predicted molar refractivity (Wildman–Crippen MR) is 98.7 cm³/mol. The van der Waals surface area contributed by atoms with Crippen molar-refractivity contribution in [2.45, 2.75) is 32.7 Å². The third kappa shape index (κ3) is 2.89. The minimum absolute atomic E-state index is 0.293. The molecule has 1 aliphatic rings. The van der Waals surface area contributed by atoms with Crippen LogP contribution in [0.3, 0.4) is 0 Å². The third-order valence-electron chi connectivity index (χ3n) is 4.49. The second-order valence-corrected chi connectivity index (χ2v) is 6.52. The fourth-order valence-electron chi connectivity index (χ4n) is 3.19. The zero-order valence-electron chi connectivity index (χ0n) is 14.5. The Labute approximate surface area is 142 Å². The average molecular weight is 327 g/mol. The highest BCUT2D eigenvalue weighted by molar-refractivity contribution is 5.87. The number of allylic oxidation sites excluding steroid dienone is 1. The van der Waals surface area contributed by atoms with E-state index in [1.165, 1.54) is 11.8 Å². The van der Waals surface area contributed by atoms with E-state index in [0.717, 1.165) is 30.0 Å². The molecule has 0 bridgehead atoms. The number of nitrogens with zero attached hydrogens (tertiary/aromatic N) is 3. The van der Waals surface area contributed by atoms with Crippen molar-refractivity contribution in [2.24, 2.45) is 5.73 Å². The fourth-order valence-corrected chi connectivity index (χ4v) is 3.19. The molecule has 24 heavy (non-hydrogen) atoms. The maximum Gasteiger partial charge on any atom is 0.148 e. The van der Waals surface area contributed by atoms with E-state index in [9.17, 15) is 0 Å². The van der Waals surface area contributed by atoms with Crippen molar-refractivity contribution < 1.29 is 4.74 Å². The Hall–Kier alpha value is -2.34. The summed E-state index contributed by atoms with van der Waals surface area (Å²) in [4.78, 5) is 7.19. The summed E-state index contributed by atoms with van der Waals surface area (Å²) < 4.78 is 7.40. The SMILES string of the molecule is CC(C)c1cc(N2CCOCC2C)nc2c1ccn2/C(N)=C/C=N. The maximum atomic E-state index is 7.25. The van der Waals surface area contributed by atoms with Gasteiger partial charge >= 0.3 is 0 Å². The van der Waals surface area contributed by atoms with Gasteiger partial charge in [0.05, 0.1) is 19.3 Å². The Morgan fingerprint density at radius 1 is 1.50 bits per heavy atom. The van der Waals surface area contributed by atoms with Gasteiger partial charge in [-0.2, -0.15) is 0 Å². The van der Waals surface area contributed by atoms with E-state index in [1.807, 2.05) is 10.8 Å². The van der Waals surface area contributed by atoms with E-state index in [0.29, 0.717) is 24.4 Å². The van der Waals surface area contributed by atoms with E-state index >= 15 is 0 Å². The summed E-state index contributed by atoms with van der Waals surface area (Å²) in [6.07, 6.45) is 4.68. The normalized spacial score (nSPS) is 19.2. The molecule has 1 aliphatic heterocycles. The van der Waals surface area contributed by atoms with Crippen LogP contribution in [-0.4, -0.2) is 41.6 Å². The highest BCUT2D eigenvalue weighted by Gasteiger charge is 2.23. The highest BCUT2D eigenvalue weighted by Crippen LogP contribution is 2.31. The van der Waals surface area contributed by atoms with Gasteiger partial charge in [-0.3, -0.25) is 4.57 Å². The summed E-state index contributed by atoms with van der Waals surface area (Å²) in [5.74, 6) is 1.84. The van der Waals surface area contributed by atoms with Crippen molar-refractivity contribution in [1.82, 2.24) is 9.55 Å². The Bertz CT molecular complexity index is 777. The van der Waals surface area contributed by atoms with E-state index in [4.69, 9.17) is 20.9 Å². The van der Waals surface area contributed by atoms with Gasteiger partial charge in [-0.1, -0.05) is 13.8 Å². The van der Waals surface area contributed by atoms with Crippen LogP contribution in [0.1, 0.15) is 32.3 Å². The number of aromatic nitrogens is 2. The number of pyridine rings is 1. The van der Waals surface area contributed by atoms with Crippen molar-refractivity contribution >= 4 is 28.9 Å². The first-order valence-electron chi connectivity index (χ1n) is 8.36. The van der Waals surface area contributed by atoms with Crippen molar-refractivity contribution in [1.29, 1.82) is 5.41 Å². The number of nitrogens with two attached hydrogens (primary N) is 1. The first-order valence-corrected chi connectivity index (χ1v) is 8.36. The quantitative estimate of drug-likeness (QED) is 0.846. The number of morpholine rings is 1. The van der Waals surface area contributed by atoms with Crippen LogP contribution in [0.2, 0.25) is 0 Å². The summed E-state index contributed by atoms with van der Waals surface area (Å²) in [5.41, 5.74) is 8.20. The number of anilines is 1. The van der Waals surface area contributed by atoms with E-state index in [2.05, 4.69) is 37.8 Å². The molecular formula is C18H25N5O. The van der Waals surface area contributed by atoms with Crippen LogP contribution in [0.25, 0.3) is 16.9 Å². The molecule has 3 N–H and O–H groups in total. The fraction of sp³-hybridized carbons (Fsp3) is 0.444. The first kappa shape index (κ1) is 16.5. The van der Waals surface area contributed by atoms with Gasteiger partial charge in [0, 0.05) is 24.3 Å². The van der Waals surface area contributed by atoms with Crippen LogP contribution in [0.5, 0.6) is 0 Å². The molecule has 3 rings (SSSR count). The molecule has 0 amide bonds. The number of nitrogens with one attached hydrogen (secondary N) is 1. The summed E-state index contributed by atoms with van der Waals surface area (Å²) >= 11 is 0. The predicted octanol–water partition coefficient (Wildman–Crippen LogP) is 2.79. The van der Waals surface area contributed by atoms with E-state index < -0.39 is 0 Å². The lowest BCUT2D eigenvalue weighted by molar-refractivity contribution is 0.0985. The largest absolute Gasteiger partial charge is 0.385 e. The molecule has 0 radical (unpaired) electrons. The second-order valence-electron chi connectivity index (χ2n) is 6.52. The molecule has 1 atom stereocenters. The summed E-state index contributed by atoms with van der Waals surface area (Å²) in [5, 5.41) is 8.35. The van der Waals surface area contributed by atoms with Crippen LogP contribution < -0.4 is 10.6 Å². The molecule has 1 unspecified atom stereocenters. The van der Waals surface area contributed by atoms with E-state index in [1.54, 1.807) is 6.08 Å². The van der Waals surface area contributed by atoms with Crippen LogP contribution in [0, 0.1) is 5.41 Å². The maximum absolute atomic E-state index is 7.25. The molecule has 0 aliphatic carbocycles. The summed E-state index contributed by atoms with van der Waals surface area (Å²) in [6.45, 7) is 8.81. The lowest BCUT2D eigenvalue weighted by atomic mass is 10.0. The molecule has 6 nitrogen and oxygen atoms in total. The molecule has 0 aromatic carbocycles.